The molecule has 4 rings (SSSR count). The smallest absolute Gasteiger partial charge is 0.256 e. The number of amides is 2. The Bertz CT molecular complexity index is 798. The maximum atomic E-state index is 12.5. The van der Waals surface area contributed by atoms with E-state index in [-0.39, 0.29) is 18.2 Å². The van der Waals surface area contributed by atoms with Crippen LogP contribution in [0.5, 0.6) is 0 Å². The zero-order chi connectivity index (χ0) is 15.1. The molecule has 0 unspecified atom stereocenters. The van der Waals surface area contributed by atoms with Gasteiger partial charge in [-0.15, -0.1) is 0 Å². The van der Waals surface area contributed by atoms with E-state index >= 15 is 0 Å². The number of hydrogen-bond acceptors (Lipinski definition) is 3. The molecular formula is C17H15N3O2. The van der Waals surface area contributed by atoms with E-state index in [1.807, 2.05) is 24.3 Å². The number of carbonyl (C=O) groups is 2. The van der Waals surface area contributed by atoms with Gasteiger partial charge in [0.1, 0.15) is 0 Å². The maximum absolute atomic E-state index is 12.5. The van der Waals surface area contributed by atoms with Crippen molar-refractivity contribution in [2.24, 2.45) is 0 Å². The molecule has 0 bridgehead atoms. The van der Waals surface area contributed by atoms with Crippen molar-refractivity contribution < 1.29 is 9.59 Å². The molecular weight excluding hydrogens is 278 g/mol. The molecule has 2 aromatic rings. The number of anilines is 2. The molecule has 2 aliphatic rings. The van der Waals surface area contributed by atoms with Crippen molar-refractivity contribution in [3.8, 4) is 0 Å². The number of hydrogen-bond donors (Lipinski definition) is 3. The van der Waals surface area contributed by atoms with Gasteiger partial charge in [-0.3, -0.25) is 9.59 Å². The molecule has 5 nitrogen and oxygen atoms in total. The highest BCUT2D eigenvalue weighted by Crippen LogP contribution is 2.27. The molecule has 0 aromatic heterocycles. The topological polar surface area (TPSA) is 70.2 Å². The third kappa shape index (κ3) is 2.16. The second-order valence-electron chi connectivity index (χ2n) is 5.60. The number of benzene rings is 2. The molecule has 0 atom stereocenters. The van der Waals surface area contributed by atoms with Crippen molar-refractivity contribution in [3.05, 3.63) is 58.7 Å². The summed E-state index contributed by atoms with van der Waals surface area (Å²) < 4.78 is 0. The summed E-state index contributed by atoms with van der Waals surface area (Å²) in [6.45, 7) is 1.71. The quantitative estimate of drug-likeness (QED) is 0.793. The average Bonchev–Trinajstić information content (AvgIpc) is 3.10. The highest BCUT2D eigenvalue weighted by Gasteiger charge is 2.23. The lowest BCUT2D eigenvalue weighted by Crippen LogP contribution is -2.14. The summed E-state index contributed by atoms with van der Waals surface area (Å²) in [4.78, 5) is 24.0. The standard InChI is InChI=1S/C17H15N3O2/c21-16-7-14-13(2-1-3-15(14)20-16)17(22)19-12-5-4-10-8-18-9-11(10)6-12/h1-6,18H,7-9H2,(H,19,22)(H,20,21). The van der Waals surface area contributed by atoms with Crippen molar-refractivity contribution >= 4 is 23.2 Å². The van der Waals surface area contributed by atoms with Gasteiger partial charge in [0.25, 0.3) is 5.91 Å². The van der Waals surface area contributed by atoms with Crippen LogP contribution in [0.2, 0.25) is 0 Å². The monoisotopic (exact) mass is 293 g/mol. The van der Waals surface area contributed by atoms with Crippen molar-refractivity contribution in [1.82, 2.24) is 5.32 Å². The fraction of sp³-hybridized carbons (Fsp3) is 0.176. The first-order chi connectivity index (χ1) is 10.7. The first-order valence-corrected chi connectivity index (χ1v) is 7.26. The molecule has 0 radical (unpaired) electrons. The summed E-state index contributed by atoms with van der Waals surface area (Å²) in [6, 6.07) is 11.3. The van der Waals surface area contributed by atoms with Crippen LogP contribution in [0.1, 0.15) is 27.0 Å². The average molecular weight is 293 g/mol. The van der Waals surface area contributed by atoms with Crippen molar-refractivity contribution in [3.63, 3.8) is 0 Å². The Morgan fingerprint density at radius 1 is 1.09 bits per heavy atom. The maximum Gasteiger partial charge on any atom is 0.256 e. The van der Waals surface area contributed by atoms with Crippen LogP contribution in [0, 0.1) is 0 Å². The second-order valence-corrected chi connectivity index (χ2v) is 5.60. The van der Waals surface area contributed by atoms with Crippen LogP contribution < -0.4 is 16.0 Å². The molecule has 2 aliphatic heterocycles. The van der Waals surface area contributed by atoms with Gasteiger partial charge in [-0.05, 0) is 41.0 Å². The summed E-state index contributed by atoms with van der Waals surface area (Å²) in [6.07, 6.45) is 0.257. The highest BCUT2D eigenvalue weighted by atomic mass is 16.2. The van der Waals surface area contributed by atoms with Gasteiger partial charge in [0.15, 0.2) is 0 Å². The molecule has 22 heavy (non-hydrogen) atoms. The third-order valence-electron chi connectivity index (χ3n) is 4.13. The van der Waals surface area contributed by atoms with E-state index in [2.05, 4.69) is 16.0 Å². The Balaban J connectivity index is 1.61. The summed E-state index contributed by atoms with van der Waals surface area (Å²) in [5.41, 5.74) is 5.32. The van der Waals surface area contributed by atoms with Crippen LogP contribution in [0.25, 0.3) is 0 Å². The molecule has 5 heteroatoms. The van der Waals surface area contributed by atoms with Crippen molar-refractivity contribution in [1.29, 1.82) is 0 Å². The van der Waals surface area contributed by atoms with Gasteiger partial charge < -0.3 is 16.0 Å². The SMILES string of the molecule is O=C1Cc2c(cccc2C(=O)Nc2ccc3c(c2)CNC3)N1. The number of nitrogens with one attached hydrogen (secondary N) is 3. The molecule has 0 saturated carbocycles. The first-order valence-electron chi connectivity index (χ1n) is 7.26. The van der Waals surface area contributed by atoms with Crippen LogP contribution in [0.3, 0.4) is 0 Å². The number of fused-ring (bicyclic) bond motifs is 2. The lowest BCUT2D eigenvalue weighted by atomic mass is 10.0. The zero-order valence-electron chi connectivity index (χ0n) is 11.9. The van der Waals surface area contributed by atoms with Gasteiger partial charge in [-0.2, -0.15) is 0 Å². The first kappa shape index (κ1) is 13.0. The lowest BCUT2D eigenvalue weighted by Gasteiger charge is -2.09. The van der Waals surface area contributed by atoms with E-state index in [9.17, 15) is 9.59 Å². The molecule has 0 saturated heterocycles. The number of carbonyl (C=O) groups excluding carboxylic acids is 2. The predicted octanol–water partition coefficient (Wildman–Crippen LogP) is 2.04. The van der Waals surface area contributed by atoms with Crippen LogP contribution in [0.4, 0.5) is 11.4 Å². The Morgan fingerprint density at radius 3 is 2.86 bits per heavy atom. The van der Waals surface area contributed by atoms with Crippen LogP contribution in [-0.4, -0.2) is 11.8 Å². The van der Waals surface area contributed by atoms with Gasteiger partial charge in [0.05, 0.1) is 6.42 Å². The fourth-order valence-corrected chi connectivity index (χ4v) is 3.03. The van der Waals surface area contributed by atoms with Gasteiger partial charge in [0, 0.05) is 30.0 Å². The molecule has 0 fully saturated rings. The zero-order valence-corrected chi connectivity index (χ0v) is 11.9. The molecule has 2 heterocycles. The summed E-state index contributed by atoms with van der Waals surface area (Å²) in [7, 11) is 0. The van der Waals surface area contributed by atoms with E-state index in [1.54, 1.807) is 12.1 Å². The van der Waals surface area contributed by atoms with E-state index in [0.29, 0.717) is 5.56 Å². The van der Waals surface area contributed by atoms with Gasteiger partial charge in [-0.1, -0.05) is 12.1 Å². The predicted molar refractivity (Wildman–Crippen MR) is 83.7 cm³/mol. The minimum absolute atomic E-state index is 0.0705. The summed E-state index contributed by atoms with van der Waals surface area (Å²) in [5.74, 6) is -0.252. The van der Waals surface area contributed by atoms with Crippen LogP contribution >= 0.6 is 0 Å². The Kier molecular flexibility index (Phi) is 2.94. The van der Waals surface area contributed by atoms with E-state index in [4.69, 9.17) is 0 Å². The second kappa shape index (κ2) is 4.96. The van der Waals surface area contributed by atoms with Gasteiger partial charge >= 0.3 is 0 Å². The molecule has 110 valence electrons. The highest BCUT2D eigenvalue weighted by molar-refractivity contribution is 6.10. The molecule has 3 N–H and O–H groups in total. The largest absolute Gasteiger partial charge is 0.326 e. The fourth-order valence-electron chi connectivity index (χ4n) is 3.03. The Labute approximate surface area is 127 Å². The minimum atomic E-state index is -0.181. The molecule has 0 aliphatic carbocycles. The molecule has 0 spiro atoms. The van der Waals surface area contributed by atoms with Crippen LogP contribution in [0.15, 0.2) is 36.4 Å². The van der Waals surface area contributed by atoms with Crippen molar-refractivity contribution in [2.75, 3.05) is 10.6 Å². The van der Waals surface area contributed by atoms with E-state index in [1.165, 1.54) is 11.1 Å². The van der Waals surface area contributed by atoms with Crippen molar-refractivity contribution in [2.45, 2.75) is 19.5 Å². The normalized spacial score (nSPS) is 15.2. The number of rotatable bonds is 2. The summed E-state index contributed by atoms with van der Waals surface area (Å²) >= 11 is 0. The Hall–Kier alpha value is -2.66. The Morgan fingerprint density at radius 2 is 1.95 bits per heavy atom. The van der Waals surface area contributed by atoms with Gasteiger partial charge in [0.2, 0.25) is 5.91 Å². The van der Waals surface area contributed by atoms with Crippen LogP contribution in [-0.2, 0) is 24.3 Å². The minimum Gasteiger partial charge on any atom is -0.326 e. The molecule has 2 amide bonds. The van der Waals surface area contributed by atoms with Gasteiger partial charge in [-0.25, -0.2) is 0 Å². The third-order valence-corrected chi connectivity index (χ3v) is 4.13. The van der Waals surface area contributed by atoms with E-state index < -0.39 is 0 Å². The van der Waals surface area contributed by atoms with E-state index in [0.717, 1.165) is 30.0 Å². The lowest BCUT2D eigenvalue weighted by molar-refractivity contribution is -0.115. The summed E-state index contributed by atoms with van der Waals surface area (Å²) in [5, 5.41) is 8.97. The molecule has 2 aromatic carbocycles.